The molecular weight excluding hydrogens is 310 g/mol. The van der Waals surface area contributed by atoms with Crippen molar-refractivity contribution in [3.8, 4) is 0 Å². The fourth-order valence-electron chi connectivity index (χ4n) is 1.92. The molecule has 1 aliphatic heterocycles. The smallest absolute Gasteiger partial charge is 0.346 e. The largest absolute Gasteiger partial charge is 0.432 e. The zero-order chi connectivity index (χ0) is 14.7. The minimum absolute atomic E-state index is 0.131. The average molecular weight is 323 g/mol. The van der Waals surface area contributed by atoms with Gasteiger partial charge in [0.2, 0.25) is 12.2 Å². The molecule has 1 saturated heterocycles. The zero-order valence-electron chi connectivity index (χ0n) is 10.7. The van der Waals surface area contributed by atoms with E-state index in [1.54, 1.807) is 0 Å². The first kappa shape index (κ1) is 15.4. The minimum Gasteiger partial charge on any atom is -0.432 e. The number of nitrogens with zero attached hydrogens (tertiary/aromatic N) is 1. The molecule has 0 radical (unpaired) electrons. The van der Waals surface area contributed by atoms with Crippen molar-refractivity contribution in [2.75, 3.05) is 13.7 Å². The van der Waals surface area contributed by atoms with Gasteiger partial charge in [-0.25, -0.2) is 9.78 Å². The number of nitrogens with one attached hydrogen (secondary N) is 1. The van der Waals surface area contributed by atoms with Crippen LogP contribution in [0.5, 0.6) is 0 Å². The summed E-state index contributed by atoms with van der Waals surface area (Å²) < 4.78 is 24.0. The SMILES string of the molecule is CNC1CCOC(OC(=O)c2c(Cl)cc(Cl)nc2F)C1. The van der Waals surface area contributed by atoms with E-state index in [1.807, 2.05) is 7.05 Å². The van der Waals surface area contributed by atoms with E-state index in [4.69, 9.17) is 32.7 Å². The fraction of sp³-hybridized carbons (Fsp3) is 0.500. The summed E-state index contributed by atoms with van der Waals surface area (Å²) in [7, 11) is 1.81. The van der Waals surface area contributed by atoms with Gasteiger partial charge in [-0.3, -0.25) is 0 Å². The van der Waals surface area contributed by atoms with Gasteiger partial charge in [0.05, 0.1) is 11.6 Å². The van der Waals surface area contributed by atoms with Crippen molar-refractivity contribution in [3.05, 3.63) is 27.8 Å². The maximum Gasteiger partial charge on any atom is 0.346 e. The van der Waals surface area contributed by atoms with E-state index in [0.29, 0.717) is 13.0 Å². The molecule has 0 saturated carbocycles. The monoisotopic (exact) mass is 322 g/mol. The van der Waals surface area contributed by atoms with Crippen molar-refractivity contribution in [3.63, 3.8) is 0 Å². The number of pyridine rings is 1. The molecule has 1 aromatic rings. The Labute approximate surface area is 125 Å². The average Bonchev–Trinajstić information content (AvgIpc) is 2.37. The molecule has 1 N–H and O–H groups in total. The van der Waals surface area contributed by atoms with E-state index in [1.165, 1.54) is 6.07 Å². The highest BCUT2D eigenvalue weighted by Gasteiger charge is 2.28. The molecule has 5 nitrogen and oxygen atoms in total. The number of carbonyl (C=O) groups excluding carboxylic acids is 1. The topological polar surface area (TPSA) is 60.5 Å². The Bertz CT molecular complexity index is 492. The summed E-state index contributed by atoms with van der Waals surface area (Å²) in [6.07, 6.45) is 0.574. The van der Waals surface area contributed by atoms with E-state index in [-0.39, 0.29) is 16.2 Å². The van der Waals surface area contributed by atoms with Gasteiger partial charge in [-0.15, -0.1) is 0 Å². The molecule has 2 heterocycles. The highest BCUT2D eigenvalue weighted by atomic mass is 35.5. The van der Waals surface area contributed by atoms with Gasteiger partial charge in [-0.05, 0) is 19.5 Å². The van der Waals surface area contributed by atoms with Gasteiger partial charge in [-0.2, -0.15) is 4.39 Å². The molecule has 2 rings (SSSR count). The molecule has 110 valence electrons. The van der Waals surface area contributed by atoms with E-state index in [9.17, 15) is 9.18 Å². The first-order valence-corrected chi connectivity index (χ1v) is 6.78. The lowest BCUT2D eigenvalue weighted by Gasteiger charge is -2.28. The fourth-order valence-corrected chi connectivity index (χ4v) is 2.42. The Kier molecular flexibility index (Phi) is 5.15. The van der Waals surface area contributed by atoms with Gasteiger partial charge in [-0.1, -0.05) is 23.2 Å². The lowest BCUT2D eigenvalue weighted by atomic mass is 10.1. The van der Waals surface area contributed by atoms with E-state index in [2.05, 4.69) is 10.3 Å². The molecule has 20 heavy (non-hydrogen) atoms. The van der Waals surface area contributed by atoms with Gasteiger partial charge < -0.3 is 14.8 Å². The Hall–Kier alpha value is -0.950. The maximum absolute atomic E-state index is 13.6. The number of carbonyl (C=O) groups is 1. The number of aromatic nitrogens is 1. The number of halogens is 3. The van der Waals surface area contributed by atoms with Crippen molar-refractivity contribution in [1.29, 1.82) is 0 Å². The predicted octanol–water partition coefficient (Wildman–Crippen LogP) is 2.41. The third kappa shape index (κ3) is 3.58. The zero-order valence-corrected chi connectivity index (χ0v) is 12.2. The van der Waals surface area contributed by atoms with E-state index >= 15 is 0 Å². The second-order valence-corrected chi connectivity index (χ2v) is 5.10. The molecule has 1 aromatic heterocycles. The van der Waals surface area contributed by atoms with Gasteiger partial charge in [0, 0.05) is 12.5 Å². The summed E-state index contributed by atoms with van der Waals surface area (Å²) in [6, 6.07) is 1.37. The van der Waals surface area contributed by atoms with Crippen LogP contribution >= 0.6 is 23.2 Å². The highest BCUT2D eigenvalue weighted by Crippen LogP contribution is 2.24. The number of esters is 1. The lowest BCUT2D eigenvalue weighted by molar-refractivity contribution is -0.137. The van der Waals surface area contributed by atoms with Crippen LogP contribution < -0.4 is 5.32 Å². The van der Waals surface area contributed by atoms with Crippen LogP contribution in [0, 0.1) is 5.95 Å². The second-order valence-electron chi connectivity index (χ2n) is 4.31. The van der Waals surface area contributed by atoms with Crippen LogP contribution in [-0.2, 0) is 9.47 Å². The van der Waals surface area contributed by atoms with Gasteiger partial charge in [0.1, 0.15) is 10.7 Å². The number of ether oxygens (including phenoxy) is 2. The molecule has 0 aliphatic carbocycles. The van der Waals surface area contributed by atoms with E-state index < -0.39 is 23.8 Å². The third-order valence-electron chi connectivity index (χ3n) is 2.99. The van der Waals surface area contributed by atoms with Crippen LogP contribution in [0.1, 0.15) is 23.2 Å². The normalized spacial score (nSPS) is 22.6. The first-order chi connectivity index (χ1) is 9.51. The quantitative estimate of drug-likeness (QED) is 0.684. The summed E-state index contributed by atoms with van der Waals surface area (Å²) >= 11 is 11.3. The summed E-state index contributed by atoms with van der Waals surface area (Å²) in [5.74, 6) is -1.98. The molecule has 0 aromatic carbocycles. The van der Waals surface area contributed by atoms with Crippen LogP contribution in [0.2, 0.25) is 10.2 Å². The van der Waals surface area contributed by atoms with Crippen molar-refractivity contribution in [2.45, 2.75) is 25.2 Å². The van der Waals surface area contributed by atoms with Crippen molar-refractivity contribution < 1.29 is 18.7 Å². The van der Waals surface area contributed by atoms with Gasteiger partial charge >= 0.3 is 5.97 Å². The minimum atomic E-state index is -1.06. The van der Waals surface area contributed by atoms with Gasteiger partial charge in [0.25, 0.3) is 0 Å². The highest BCUT2D eigenvalue weighted by molar-refractivity contribution is 6.36. The summed E-state index contributed by atoms with van der Waals surface area (Å²) in [4.78, 5) is 15.3. The molecule has 2 atom stereocenters. The molecular formula is C12H13Cl2FN2O3. The predicted molar refractivity (Wildman–Crippen MR) is 71.5 cm³/mol. The summed E-state index contributed by atoms with van der Waals surface area (Å²) in [6.45, 7) is 0.457. The first-order valence-electron chi connectivity index (χ1n) is 6.02. The number of hydrogen-bond acceptors (Lipinski definition) is 5. The second kappa shape index (κ2) is 6.67. The van der Waals surface area contributed by atoms with E-state index in [0.717, 1.165) is 6.42 Å². The Morgan fingerprint density at radius 2 is 2.35 bits per heavy atom. The van der Waals surface area contributed by atoms with Crippen molar-refractivity contribution >= 4 is 29.2 Å². The molecule has 0 amide bonds. The van der Waals surface area contributed by atoms with Crippen molar-refractivity contribution in [2.24, 2.45) is 0 Å². The summed E-state index contributed by atoms with van der Waals surface area (Å²) in [5.41, 5.74) is -0.439. The van der Waals surface area contributed by atoms with Crippen LogP contribution in [0.3, 0.4) is 0 Å². The third-order valence-corrected chi connectivity index (χ3v) is 3.49. The Morgan fingerprint density at radius 1 is 1.60 bits per heavy atom. The number of rotatable bonds is 3. The molecule has 2 unspecified atom stereocenters. The molecule has 8 heteroatoms. The Morgan fingerprint density at radius 3 is 3.00 bits per heavy atom. The molecule has 0 spiro atoms. The van der Waals surface area contributed by atoms with Crippen LogP contribution in [-0.4, -0.2) is 36.9 Å². The van der Waals surface area contributed by atoms with Gasteiger partial charge in [0.15, 0.2) is 0 Å². The lowest BCUT2D eigenvalue weighted by Crippen LogP contribution is -2.39. The Balaban J connectivity index is 2.09. The van der Waals surface area contributed by atoms with Crippen LogP contribution in [0.4, 0.5) is 4.39 Å². The number of hydrogen-bond donors (Lipinski definition) is 1. The van der Waals surface area contributed by atoms with Crippen LogP contribution in [0.25, 0.3) is 0 Å². The maximum atomic E-state index is 13.6. The molecule has 1 fully saturated rings. The van der Waals surface area contributed by atoms with Crippen LogP contribution in [0.15, 0.2) is 6.07 Å². The molecule has 0 bridgehead atoms. The standard InChI is InChI=1S/C12H13Cl2FN2O3/c1-16-6-2-3-19-9(4-6)20-12(18)10-7(13)5-8(14)17-11(10)15/h5-6,9,16H,2-4H2,1H3. The molecule has 1 aliphatic rings. The van der Waals surface area contributed by atoms with Crippen molar-refractivity contribution in [1.82, 2.24) is 10.3 Å². The summed E-state index contributed by atoms with van der Waals surface area (Å²) in [5, 5.41) is 2.80.